The molecule has 20 heavy (non-hydrogen) atoms. The summed E-state index contributed by atoms with van der Waals surface area (Å²) in [5.74, 6) is -0.186. The molecule has 0 bridgehead atoms. The average molecular weight is 270 g/mol. The number of phenolic OH excluding ortho intramolecular Hbond substituents is 1. The van der Waals surface area contributed by atoms with E-state index in [2.05, 4.69) is 5.32 Å². The molecule has 0 unspecified atom stereocenters. The first-order valence-electron chi connectivity index (χ1n) is 6.24. The standard InChI is InChI=1S/C16H15FN2O/c1-10-4-3-5-13(16(10)20)9-19-15-7-12(8-18)6-14(17)11(15)2/h3-7,19-20H,9H2,1-2H3. The number of anilines is 1. The predicted molar refractivity (Wildman–Crippen MR) is 76.0 cm³/mol. The molecule has 0 atom stereocenters. The van der Waals surface area contributed by atoms with E-state index in [0.717, 1.165) is 11.1 Å². The molecule has 0 aliphatic heterocycles. The molecule has 3 nitrogen and oxygen atoms in total. The molecule has 0 amide bonds. The molecular weight excluding hydrogens is 255 g/mol. The van der Waals surface area contributed by atoms with Gasteiger partial charge in [0, 0.05) is 23.4 Å². The van der Waals surface area contributed by atoms with Crippen LogP contribution in [0.4, 0.5) is 10.1 Å². The Hall–Kier alpha value is -2.54. The van der Waals surface area contributed by atoms with Gasteiger partial charge >= 0.3 is 0 Å². The van der Waals surface area contributed by atoms with Gasteiger partial charge in [-0.15, -0.1) is 0 Å². The maximum atomic E-state index is 13.7. The number of nitrogens with zero attached hydrogens (tertiary/aromatic N) is 1. The van der Waals surface area contributed by atoms with Gasteiger partial charge in [-0.3, -0.25) is 0 Å². The first kappa shape index (κ1) is 13.9. The molecule has 102 valence electrons. The minimum absolute atomic E-state index is 0.231. The smallest absolute Gasteiger partial charge is 0.129 e. The molecule has 2 aromatic rings. The summed E-state index contributed by atoms with van der Waals surface area (Å²) in [6.45, 7) is 3.83. The monoisotopic (exact) mass is 270 g/mol. The molecule has 0 fully saturated rings. The lowest BCUT2D eigenvalue weighted by molar-refractivity contribution is 0.465. The molecule has 2 N–H and O–H groups in total. The molecule has 4 heteroatoms. The van der Waals surface area contributed by atoms with Crippen LogP contribution in [0.1, 0.15) is 22.3 Å². The second kappa shape index (κ2) is 5.62. The number of phenols is 1. The van der Waals surface area contributed by atoms with E-state index < -0.39 is 5.82 Å². The van der Waals surface area contributed by atoms with Gasteiger partial charge in [-0.2, -0.15) is 5.26 Å². The van der Waals surface area contributed by atoms with Crippen LogP contribution in [0.2, 0.25) is 0 Å². The summed E-state index contributed by atoms with van der Waals surface area (Å²) in [5, 5.41) is 21.9. The van der Waals surface area contributed by atoms with E-state index in [1.807, 2.05) is 25.1 Å². The van der Waals surface area contributed by atoms with Crippen LogP contribution < -0.4 is 5.32 Å². The van der Waals surface area contributed by atoms with Crippen molar-refractivity contribution in [2.24, 2.45) is 0 Å². The van der Waals surface area contributed by atoms with Gasteiger partial charge in [0.2, 0.25) is 0 Å². The van der Waals surface area contributed by atoms with E-state index in [0.29, 0.717) is 17.8 Å². The van der Waals surface area contributed by atoms with E-state index in [4.69, 9.17) is 5.26 Å². The van der Waals surface area contributed by atoms with Crippen molar-refractivity contribution in [2.75, 3.05) is 5.32 Å². The lowest BCUT2D eigenvalue weighted by Gasteiger charge is -2.12. The maximum absolute atomic E-state index is 13.7. The fourth-order valence-corrected chi connectivity index (χ4v) is 1.98. The van der Waals surface area contributed by atoms with Gasteiger partial charge in [0.1, 0.15) is 11.6 Å². The number of aromatic hydroxyl groups is 1. The minimum atomic E-state index is -0.417. The van der Waals surface area contributed by atoms with Gasteiger partial charge in [-0.1, -0.05) is 18.2 Å². The maximum Gasteiger partial charge on any atom is 0.129 e. The Morgan fingerprint density at radius 2 is 2.05 bits per heavy atom. The third-order valence-corrected chi connectivity index (χ3v) is 3.26. The second-order valence-electron chi connectivity index (χ2n) is 4.68. The van der Waals surface area contributed by atoms with Crippen LogP contribution in [0.5, 0.6) is 5.75 Å². The molecule has 0 saturated heterocycles. The van der Waals surface area contributed by atoms with E-state index >= 15 is 0 Å². The Morgan fingerprint density at radius 3 is 2.75 bits per heavy atom. The van der Waals surface area contributed by atoms with Gasteiger partial charge in [0.15, 0.2) is 0 Å². The molecule has 0 spiro atoms. The molecule has 0 aliphatic rings. The van der Waals surface area contributed by atoms with Crippen molar-refractivity contribution < 1.29 is 9.50 Å². The van der Waals surface area contributed by atoms with E-state index in [-0.39, 0.29) is 11.3 Å². The lowest BCUT2D eigenvalue weighted by atomic mass is 10.1. The summed E-state index contributed by atoms with van der Waals surface area (Å²) in [7, 11) is 0. The molecule has 0 saturated carbocycles. The van der Waals surface area contributed by atoms with Crippen LogP contribution >= 0.6 is 0 Å². The summed E-state index contributed by atoms with van der Waals surface area (Å²) in [5.41, 5.74) is 2.80. The summed E-state index contributed by atoms with van der Waals surface area (Å²) < 4.78 is 13.7. The summed E-state index contributed by atoms with van der Waals surface area (Å²) >= 11 is 0. The van der Waals surface area contributed by atoms with Crippen molar-refractivity contribution in [3.05, 3.63) is 58.4 Å². The van der Waals surface area contributed by atoms with E-state index in [1.54, 1.807) is 19.1 Å². The highest BCUT2D eigenvalue weighted by Crippen LogP contribution is 2.25. The molecule has 0 aliphatic carbocycles. The van der Waals surface area contributed by atoms with Gasteiger partial charge in [0.05, 0.1) is 11.6 Å². The highest BCUT2D eigenvalue weighted by Gasteiger charge is 2.08. The summed E-state index contributed by atoms with van der Waals surface area (Å²) in [6, 6.07) is 10.2. The lowest BCUT2D eigenvalue weighted by Crippen LogP contribution is -2.03. The van der Waals surface area contributed by atoms with Crippen LogP contribution in [0.15, 0.2) is 30.3 Å². The molecule has 0 aromatic heterocycles. The van der Waals surface area contributed by atoms with Crippen molar-refractivity contribution in [3.63, 3.8) is 0 Å². The molecular formula is C16H15FN2O. The Kier molecular flexibility index (Phi) is 3.90. The molecule has 2 aromatic carbocycles. The van der Waals surface area contributed by atoms with Crippen LogP contribution in [0.3, 0.4) is 0 Å². The molecule has 0 radical (unpaired) electrons. The third-order valence-electron chi connectivity index (χ3n) is 3.26. The number of rotatable bonds is 3. The average Bonchev–Trinajstić information content (AvgIpc) is 2.44. The number of halogens is 1. The van der Waals surface area contributed by atoms with Crippen LogP contribution in [-0.2, 0) is 6.54 Å². The van der Waals surface area contributed by atoms with Crippen molar-refractivity contribution in [1.82, 2.24) is 0 Å². The second-order valence-corrected chi connectivity index (χ2v) is 4.68. The number of benzene rings is 2. The fraction of sp³-hybridized carbons (Fsp3) is 0.188. The number of hydrogen-bond donors (Lipinski definition) is 2. The Morgan fingerprint density at radius 1 is 1.30 bits per heavy atom. The Labute approximate surface area is 117 Å². The van der Waals surface area contributed by atoms with Crippen molar-refractivity contribution >= 4 is 5.69 Å². The number of hydrogen-bond acceptors (Lipinski definition) is 3. The SMILES string of the molecule is Cc1cccc(CNc2cc(C#N)cc(F)c2C)c1O. The molecule has 0 heterocycles. The largest absolute Gasteiger partial charge is 0.507 e. The van der Waals surface area contributed by atoms with E-state index in [9.17, 15) is 9.50 Å². The molecule has 2 rings (SSSR count). The number of aryl methyl sites for hydroxylation is 1. The Bertz CT molecular complexity index is 690. The fourth-order valence-electron chi connectivity index (χ4n) is 1.98. The van der Waals surface area contributed by atoms with Crippen LogP contribution in [0, 0.1) is 31.0 Å². The van der Waals surface area contributed by atoms with Crippen LogP contribution in [-0.4, -0.2) is 5.11 Å². The highest BCUT2D eigenvalue weighted by atomic mass is 19.1. The first-order chi connectivity index (χ1) is 9.52. The van der Waals surface area contributed by atoms with Crippen LogP contribution in [0.25, 0.3) is 0 Å². The van der Waals surface area contributed by atoms with Crippen molar-refractivity contribution in [3.8, 4) is 11.8 Å². The van der Waals surface area contributed by atoms with Gasteiger partial charge in [-0.05, 0) is 31.5 Å². The van der Waals surface area contributed by atoms with Gasteiger partial charge in [0.25, 0.3) is 0 Å². The first-order valence-corrected chi connectivity index (χ1v) is 6.24. The highest BCUT2D eigenvalue weighted by molar-refractivity contribution is 5.56. The minimum Gasteiger partial charge on any atom is -0.507 e. The number of nitrogens with one attached hydrogen (secondary N) is 1. The van der Waals surface area contributed by atoms with Crippen molar-refractivity contribution in [1.29, 1.82) is 5.26 Å². The van der Waals surface area contributed by atoms with Gasteiger partial charge in [-0.25, -0.2) is 4.39 Å². The third kappa shape index (κ3) is 2.72. The predicted octanol–water partition coefficient (Wildman–Crippen LogP) is 3.63. The zero-order valence-electron chi connectivity index (χ0n) is 11.4. The summed E-state index contributed by atoms with van der Waals surface area (Å²) in [4.78, 5) is 0. The quantitative estimate of drug-likeness (QED) is 0.895. The van der Waals surface area contributed by atoms with Crippen molar-refractivity contribution in [2.45, 2.75) is 20.4 Å². The zero-order valence-corrected chi connectivity index (χ0v) is 11.4. The van der Waals surface area contributed by atoms with E-state index in [1.165, 1.54) is 6.07 Å². The number of nitriles is 1. The summed E-state index contributed by atoms with van der Waals surface area (Å²) in [6.07, 6.45) is 0. The Balaban J connectivity index is 2.25. The number of para-hydroxylation sites is 1. The topological polar surface area (TPSA) is 56.0 Å². The normalized spacial score (nSPS) is 10.1. The zero-order chi connectivity index (χ0) is 14.7. The van der Waals surface area contributed by atoms with Gasteiger partial charge < -0.3 is 10.4 Å².